The van der Waals surface area contributed by atoms with Gasteiger partial charge in [0.25, 0.3) is 0 Å². The van der Waals surface area contributed by atoms with E-state index in [0.717, 1.165) is 44.9 Å². The minimum absolute atomic E-state index is 0.000395. The van der Waals surface area contributed by atoms with E-state index in [0.29, 0.717) is 6.42 Å². The molecule has 5 heteroatoms. The summed E-state index contributed by atoms with van der Waals surface area (Å²) in [4.78, 5) is 12.3. The van der Waals surface area contributed by atoms with Crippen LogP contribution in [0.25, 0.3) is 0 Å². The van der Waals surface area contributed by atoms with Crippen LogP contribution in [0.4, 0.5) is 0 Å². The van der Waals surface area contributed by atoms with Gasteiger partial charge < -0.3 is 20.6 Å². The van der Waals surface area contributed by atoms with Crippen LogP contribution < -0.4 is 5.32 Å². The van der Waals surface area contributed by atoms with Gasteiger partial charge in [-0.2, -0.15) is 0 Å². The van der Waals surface area contributed by atoms with Gasteiger partial charge in [0.05, 0.1) is 31.3 Å². The highest BCUT2D eigenvalue weighted by Gasteiger charge is 2.20. The normalized spacial score (nSPS) is 14.3. The number of aliphatic hydroxyl groups is 3. The summed E-state index contributed by atoms with van der Waals surface area (Å²) in [5.41, 5.74) is 0. The molecule has 0 saturated heterocycles. The Morgan fingerprint density at radius 3 is 1.53 bits per heavy atom. The van der Waals surface area contributed by atoms with Gasteiger partial charge in [-0.1, -0.05) is 147 Å². The Bertz CT molecular complexity index is 675. The van der Waals surface area contributed by atoms with Gasteiger partial charge in [-0.05, 0) is 57.8 Å². The lowest BCUT2D eigenvalue weighted by Crippen LogP contribution is -2.45. The second-order valence-corrected chi connectivity index (χ2v) is 12.5. The molecule has 0 radical (unpaired) electrons. The summed E-state index contributed by atoms with van der Waals surface area (Å²) in [5, 5.41) is 32.9. The van der Waals surface area contributed by atoms with E-state index in [9.17, 15) is 20.1 Å². The van der Waals surface area contributed by atoms with Crippen molar-refractivity contribution in [3.05, 3.63) is 36.5 Å². The summed E-state index contributed by atoms with van der Waals surface area (Å²) < 4.78 is 0. The Kier molecular flexibility index (Phi) is 32.3. The number of carbonyl (C=O) groups is 1. The van der Waals surface area contributed by atoms with Crippen LogP contribution in [0.5, 0.6) is 0 Å². The van der Waals surface area contributed by atoms with Crippen molar-refractivity contribution in [2.24, 2.45) is 0 Å². The van der Waals surface area contributed by atoms with E-state index in [4.69, 9.17) is 0 Å². The molecule has 0 heterocycles. The number of hydrogen-bond acceptors (Lipinski definition) is 4. The van der Waals surface area contributed by atoms with Gasteiger partial charge in [0.1, 0.15) is 0 Å². The third kappa shape index (κ3) is 30.4. The number of hydrogen-bond donors (Lipinski definition) is 4. The highest BCUT2D eigenvalue weighted by molar-refractivity contribution is 5.76. The maximum absolute atomic E-state index is 12.3. The van der Waals surface area contributed by atoms with Crippen LogP contribution in [0.15, 0.2) is 36.5 Å². The number of carbonyl (C=O) groups excluding carboxylic acids is 1. The largest absolute Gasteiger partial charge is 0.394 e. The predicted octanol–water partition coefficient (Wildman–Crippen LogP) is 9.65. The molecule has 0 aliphatic rings. The summed E-state index contributed by atoms with van der Waals surface area (Å²) in [6, 6.07) is -0.760. The van der Waals surface area contributed by atoms with Crippen LogP contribution >= 0.6 is 0 Å². The zero-order valence-corrected chi connectivity index (χ0v) is 28.3. The molecule has 0 aromatic heterocycles. The zero-order chi connectivity index (χ0) is 31.6. The molecule has 0 aliphatic heterocycles. The predicted molar refractivity (Wildman–Crippen MR) is 185 cm³/mol. The molecule has 0 aromatic carbocycles. The van der Waals surface area contributed by atoms with Crippen molar-refractivity contribution in [1.82, 2.24) is 5.32 Å². The van der Waals surface area contributed by atoms with Crippen LogP contribution in [0.2, 0.25) is 0 Å². The van der Waals surface area contributed by atoms with Crippen LogP contribution in [0.3, 0.4) is 0 Å². The van der Waals surface area contributed by atoms with Crippen molar-refractivity contribution in [2.45, 2.75) is 193 Å². The van der Waals surface area contributed by atoms with Gasteiger partial charge >= 0.3 is 0 Å². The van der Waals surface area contributed by atoms with Gasteiger partial charge in [-0.3, -0.25) is 4.79 Å². The van der Waals surface area contributed by atoms with Gasteiger partial charge in [0.2, 0.25) is 5.91 Å². The van der Waals surface area contributed by atoms with Crippen molar-refractivity contribution in [2.75, 3.05) is 6.61 Å². The molecule has 0 aromatic rings. The van der Waals surface area contributed by atoms with Crippen LogP contribution in [-0.4, -0.2) is 46.1 Å². The molecule has 3 unspecified atom stereocenters. The molecule has 43 heavy (non-hydrogen) atoms. The summed E-state index contributed by atoms with van der Waals surface area (Å²) >= 11 is 0. The fourth-order valence-electron chi connectivity index (χ4n) is 5.29. The second-order valence-electron chi connectivity index (χ2n) is 12.5. The molecule has 0 rings (SSSR count). The van der Waals surface area contributed by atoms with E-state index in [1.807, 2.05) is 6.08 Å². The van der Waals surface area contributed by atoms with E-state index in [1.165, 1.54) is 103 Å². The van der Waals surface area contributed by atoms with E-state index in [1.54, 1.807) is 6.08 Å². The number of nitrogens with one attached hydrogen (secondary N) is 1. The molecule has 0 spiro atoms. The van der Waals surface area contributed by atoms with Crippen molar-refractivity contribution in [3.8, 4) is 0 Å². The number of aliphatic hydroxyl groups excluding tert-OH is 3. The van der Waals surface area contributed by atoms with Crippen molar-refractivity contribution in [3.63, 3.8) is 0 Å². The SMILES string of the molecule is CCCCC/C=C/CC/C=C/C(O)C(CO)NC(=O)CC(O)CCCCCCC/C=C\CCCCCCCCCCCC. The van der Waals surface area contributed by atoms with Crippen LogP contribution in [-0.2, 0) is 4.79 Å². The summed E-state index contributed by atoms with van der Waals surface area (Å²) in [5.74, 6) is -0.335. The standard InChI is InChI=1S/C38H71NO4/c1-3-5-7-9-11-13-14-15-16-17-18-19-20-21-22-24-25-27-29-31-35(41)33-38(43)39-36(34-40)37(42)32-30-28-26-23-12-10-8-6-4-2/h12,19-20,23,30,32,35-37,40-42H,3-11,13-18,21-22,24-29,31,33-34H2,1-2H3,(H,39,43)/b20-19-,23-12+,32-30+. The molecule has 0 saturated carbocycles. The number of allylic oxidation sites excluding steroid dienone is 5. The molecule has 0 bridgehead atoms. The molecule has 4 N–H and O–H groups in total. The lowest BCUT2D eigenvalue weighted by Gasteiger charge is -2.20. The summed E-state index contributed by atoms with van der Waals surface area (Å²) in [7, 11) is 0. The first-order valence-electron chi connectivity index (χ1n) is 18.3. The molecule has 3 atom stereocenters. The number of unbranched alkanes of at least 4 members (excludes halogenated alkanes) is 19. The Labute approximate surface area is 266 Å². The lowest BCUT2D eigenvalue weighted by atomic mass is 10.0. The van der Waals surface area contributed by atoms with Crippen molar-refractivity contribution >= 4 is 5.91 Å². The summed E-state index contributed by atoms with van der Waals surface area (Å²) in [6.07, 6.45) is 39.9. The smallest absolute Gasteiger partial charge is 0.222 e. The third-order valence-corrected chi connectivity index (χ3v) is 8.15. The highest BCUT2D eigenvalue weighted by atomic mass is 16.3. The maximum atomic E-state index is 12.3. The first-order valence-corrected chi connectivity index (χ1v) is 18.3. The summed E-state index contributed by atoms with van der Waals surface area (Å²) in [6.45, 7) is 4.13. The molecule has 0 fully saturated rings. The number of amides is 1. The maximum Gasteiger partial charge on any atom is 0.222 e. The van der Waals surface area contributed by atoms with Gasteiger partial charge in [0.15, 0.2) is 0 Å². The van der Waals surface area contributed by atoms with E-state index < -0.39 is 18.2 Å². The van der Waals surface area contributed by atoms with Crippen molar-refractivity contribution in [1.29, 1.82) is 0 Å². The quantitative estimate of drug-likeness (QED) is 0.0454. The topological polar surface area (TPSA) is 89.8 Å². The van der Waals surface area contributed by atoms with Gasteiger partial charge in [-0.15, -0.1) is 0 Å². The first kappa shape index (κ1) is 41.6. The van der Waals surface area contributed by atoms with Crippen LogP contribution in [0, 0.1) is 0 Å². The third-order valence-electron chi connectivity index (χ3n) is 8.15. The molecule has 252 valence electrons. The highest BCUT2D eigenvalue weighted by Crippen LogP contribution is 2.13. The molecule has 0 aliphatic carbocycles. The fraction of sp³-hybridized carbons (Fsp3) is 0.816. The minimum atomic E-state index is -0.950. The number of rotatable bonds is 32. The Hall–Kier alpha value is -1.43. The molecule has 5 nitrogen and oxygen atoms in total. The van der Waals surface area contributed by atoms with Crippen LogP contribution in [0.1, 0.15) is 174 Å². The Morgan fingerprint density at radius 1 is 0.581 bits per heavy atom. The molecular weight excluding hydrogens is 534 g/mol. The molecule has 1 amide bonds. The second kappa shape index (κ2) is 33.5. The fourth-order valence-corrected chi connectivity index (χ4v) is 5.29. The minimum Gasteiger partial charge on any atom is -0.394 e. The van der Waals surface area contributed by atoms with E-state index >= 15 is 0 Å². The zero-order valence-electron chi connectivity index (χ0n) is 28.3. The lowest BCUT2D eigenvalue weighted by molar-refractivity contribution is -0.124. The average molecular weight is 606 g/mol. The van der Waals surface area contributed by atoms with Gasteiger partial charge in [-0.25, -0.2) is 0 Å². The monoisotopic (exact) mass is 606 g/mol. The van der Waals surface area contributed by atoms with Crippen molar-refractivity contribution < 1.29 is 20.1 Å². The average Bonchev–Trinajstić information content (AvgIpc) is 3.00. The first-order chi connectivity index (χ1) is 21.0. The Balaban J connectivity index is 3.72. The van der Waals surface area contributed by atoms with E-state index in [-0.39, 0.29) is 18.9 Å². The van der Waals surface area contributed by atoms with E-state index in [2.05, 4.69) is 43.5 Å². The molecular formula is C38H71NO4. The Morgan fingerprint density at radius 2 is 1.00 bits per heavy atom. The van der Waals surface area contributed by atoms with Gasteiger partial charge in [0, 0.05) is 0 Å².